The van der Waals surface area contributed by atoms with E-state index < -0.39 is 0 Å². The molecule has 4 unspecified atom stereocenters. The first-order valence-electron chi connectivity index (χ1n) is 9.04. The van der Waals surface area contributed by atoms with E-state index in [0.717, 1.165) is 13.1 Å². The van der Waals surface area contributed by atoms with Crippen molar-refractivity contribution in [1.29, 1.82) is 0 Å². The average molecular weight is 372 g/mol. The molecule has 0 spiro atoms. The minimum Gasteiger partial charge on any atom is -0.439 e. The maximum atomic E-state index is 12.6. The third-order valence-corrected chi connectivity index (χ3v) is 5.61. The molecule has 0 radical (unpaired) electrons. The molecule has 1 N–H and O–H groups in total. The van der Waals surface area contributed by atoms with Crippen LogP contribution in [0.2, 0.25) is 5.15 Å². The zero-order valence-electron chi connectivity index (χ0n) is 14.7. The second-order valence-corrected chi connectivity index (χ2v) is 7.52. The number of amides is 1. The summed E-state index contributed by atoms with van der Waals surface area (Å²) in [4.78, 5) is 19.1. The summed E-state index contributed by atoms with van der Waals surface area (Å²) < 4.78 is 5.66. The molecular formula is C20H22ClN3O2. The number of fused-ring (bicyclic) bond motifs is 3. The Balaban J connectivity index is 1.38. The number of pyridine rings is 1. The van der Waals surface area contributed by atoms with Crippen molar-refractivity contribution in [3.63, 3.8) is 0 Å². The van der Waals surface area contributed by atoms with Gasteiger partial charge in [-0.25, -0.2) is 4.98 Å². The first-order valence-corrected chi connectivity index (χ1v) is 9.41. The molecule has 0 saturated carbocycles. The molecule has 1 aromatic heterocycles. The summed E-state index contributed by atoms with van der Waals surface area (Å²) in [5, 5.41) is 3.59. The number of carbonyl (C=O) groups is 1. The number of ether oxygens (including phenoxy) is 1. The third-order valence-electron chi connectivity index (χ3n) is 5.40. The lowest BCUT2D eigenvalue weighted by Gasteiger charge is -2.48. The van der Waals surface area contributed by atoms with Gasteiger partial charge in [0.15, 0.2) is 0 Å². The zero-order chi connectivity index (χ0) is 18.1. The number of halogens is 1. The summed E-state index contributed by atoms with van der Waals surface area (Å²) in [7, 11) is 0. The minimum absolute atomic E-state index is 0.0242. The molecule has 136 valence electrons. The molecule has 26 heavy (non-hydrogen) atoms. The molecule has 0 aliphatic carbocycles. The van der Waals surface area contributed by atoms with Crippen LogP contribution in [-0.4, -0.2) is 41.0 Å². The van der Waals surface area contributed by atoms with Crippen molar-refractivity contribution in [2.75, 3.05) is 13.1 Å². The number of nitrogens with one attached hydrogen (secondary N) is 1. The van der Waals surface area contributed by atoms with Gasteiger partial charge in [0.25, 0.3) is 5.91 Å². The van der Waals surface area contributed by atoms with Crippen LogP contribution in [0.4, 0.5) is 0 Å². The highest BCUT2D eigenvalue weighted by Crippen LogP contribution is 2.32. The van der Waals surface area contributed by atoms with E-state index in [-0.39, 0.29) is 11.9 Å². The van der Waals surface area contributed by atoms with Crippen molar-refractivity contribution < 1.29 is 9.53 Å². The number of benzene rings is 1. The number of carbonyl (C=O) groups excluding carboxylic acids is 1. The van der Waals surface area contributed by atoms with Crippen molar-refractivity contribution >= 4 is 17.5 Å². The van der Waals surface area contributed by atoms with E-state index in [2.05, 4.69) is 22.1 Å². The number of piperidine rings is 3. The summed E-state index contributed by atoms with van der Waals surface area (Å²) in [5.74, 6) is 1.61. The van der Waals surface area contributed by atoms with Crippen LogP contribution in [0.25, 0.3) is 0 Å². The predicted octanol–water partition coefficient (Wildman–Crippen LogP) is 3.74. The van der Waals surface area contributed by atoms with Gasteiger partial charge in [0.2, 0.25) is 5.88 Å². The van der Waals surface area contributed by atoms with E-state index >= 15 is 0 Å². The SMILES string of the molecule is CC1CC2CCN1CC2NC(=O)c1ccc(Oc2cccc(Cl)n2)cc1. The number of aromatic nitrogens is 1. The number of hydrogen-bond donors (Lipinski definition) is 1. The van der Waals surface area contributed by atoms with Crippen LogP contribution in [0.1, 0.15) is 30.1 Å². The molecular weight excluding hydrogens is 350 g/mol. The van der Waals surface area contributed by atoms with E-state index in [0.29, 0.717) is 34.3 Å². The van der Waals surface area contributed by atoms with Crippen LogP contribution < -0.4 is 10.1 Å². The average Bonchev–Trinajstić information content (AvgIpc) is 2.63. The fourth-order valence-corrected chi connectivity index (χ4v) is 4.11. The second kappa shape index (κ2) is 7.25. The molecule has 5 rings (SSSR count). The number of hydrogen-bond acceptors (Lipinski definition) is 4. The molecule has 5 nitrogen and oxygen atoms in total. The first kappa shape index (κ1) is 17.3. The third kappa shape index (κ3) is 3.69. The lowest BCUT2D eigenvalue weighted by molar-refractivity contribution is 0.0274. The Hall–Kier alpha value is -2.11. The number of rotatable bonds is 4. The van der Waals surface area contributed by atoms with Gasteiger partial charge in [0.1, 0.15) is 10.9 Å². The van der Waals surface area contributed by atoms with Crippen LogP contribution >= 0.6 is 11.6 Å². The van der Waals surface area contributed by atoms with Crippen LogP contribution in [0.15, 0.2) is 42.5 Å². The van der Waals surface area contributed by atoms with Crippen molar-refractivity contribution in [1.82, 2.24) is 15.2 Å². The largest absolute Gasteiger partial charge is 0.439 e. The van der Waals surface area contributed by atoms with Gasteiger partial charge in [-0.15, -0.1) is 0 Å². The van der Waals surface area contributed by atoms with E-state index in [1.54, 1.807) is 42.5 Å². The van der Waals surface area contributed by atoms with Crippen molar-refractivity contribution in [3.8, 4) is 11.6 Å². The Morgan fingerprint density at radius 2 is 2.08 bits per heavy atom. The maximum absolute atomic E-state index is 12.6. The molecule has 4 atom stereocenters. The van der Waals surface area contributed by atoms with Gasteiger partial charge >= 0.3 is 0 Å². The topological polar surface area (TPSA) is 54.5 Å². The second-order valence-electron chi connectivity index (χ2n) is 7.13. The Morgan fingerprint density at radius 1 is 1.27 bits per heavy atom. The molecule has 4 heterocycles. The van der Waals surface area contributed by atoms with E-state index in [1.165, 1.54) is 12.8 Å². The highest BCUT2D eigenvalue weighted by atomic mass is 35.5. The van der Waals surface area contributed by atoms with Gasteiger partial charge in [0, 0.05) is 30.3 Å². The zero-order valence-corrected chi connectivity index (χ0v) is 15.4. The standard InChI is InChI=1S/C20H22ClN3O2/c1-13-11-15-9-10-24(13)12-17(15)22-20(25)14-5-7-16(8-6-14)26-19-4-2-3-18(21)23-19/h2-8,13,15,17H,9-12H2,1H3,(H,22,25). The Morgan fingerprint density at radius 3 is 2.73 bits per heavy atom. The lowest BCUT2D eigenvalue weighted by Crippen LogP contribution is -2.60. The molecule has 1 amide bonds. The van der Waals surface area contributed by atoms with Gasteiger partial charge in [0.05, 0.1) is 0 Å². The van der Waals surface area contributed by atoms with Crippen molar-refractivity contribution in [2.45, 2.75) is 31.8 Å². The molecule has 3 fully saturated rings. The lowest BCUT2D eigenvalue weighted by atomic mass is 9.80. The van der Waals surface area contributed by atoms with Gasteiger partial charge in [-0.2, -0.15) is 0 Å². The van der Waals surface area contributed by atoms with Gasteiger partial charge in [-0.3, -0.25) is 9.69 Å². The molecule has 3 aliphatic rings. The molecule has 2 aromatic rings. The highest BCUT2D eigenvalue weighted by Gasteiger charge is 2.38. The maximum Gasteiger partial charge on any atom is 0.251 e. The molecule has 1 aromatic carbocycles. The van der Waals surface area contributed by atoms with Gasteiger partial charge < -0.3 is 10.1 Å². The van der Waals surface area contributed by atoms with Crippen LogP contribution in [0.3, 0.4) is 0 Å². The Kier molecular flexibility index (Phi) is 4.83. The Labute approximate surface area is 158 Å². The van der Waals surface area contributed by atoms with Gasteiger partial charge in [-0.1, -0.05) is 17.7 Å². The molecule has 3 aliphatic heterocycles. The summed E-state index contributed by atoms with van der Waals surface area (Å²) in [5.41, 5.74) is 0.640. The van der Waals surface area contributed by atoms with Crippen molar-refractivity contribution in [3.05, 3.63) is 53.2 Å². The normalized spacial score (nSPS) is 27.2. The fourth-order valence-electron chi connectivity index (χ4n) is 3.95. The summed E-state index contributed by atoms with van der Waals surface area (Å²) in [6, 6.07) is 13.2. The summed E-state index contributed by atoms with van der Waals surface area (Å²) >= 11 is 5.86. The van der Waals surface area contributed by atoms with E-state index in [4.69, 9.17) is 16.3 Å². The first-order chi connectivity index (χ1) is 12.6. The molecule has 2 bridgehead atoms. The van der Waals surface area contributed by atoms with Crippen LogP contribution in [-0.2, 0) is 0 Å². The fraction of sp³-hybridized carbons (Fsp3) is 0.400. The number of nitrogens with zero attached hydrogens (tertiary/aromatic N) is 2. The summed E-state index contributed by atoms with van der Waals surface area (Å²) in [6.45, 7) is 4.39. The van der Waals surface area contributed by atoms with Gasteiger partial charge in [-0.05, 0) is 62.6 Å². The highest BCUT2D eigenvalue weighted by molar-refractivity contribution is 6.29. The Bertz CT molecular complexity index is 796. The molecule has 6 heteroatoms. The van der Waals surface area contributed by atoms with E-state index in [1.807, 2.05) is 0 Å². The monoisotopic (exact) mass is 371 g/mol. The van der Waals surface area contributed by atoms with Crippen LogP contribution in [0, 0.1) is 5.92 Å². The van der Waals surface area contributed by atoms with Crippen LogP contribution in [0.5, 0.6) is 11.6 Å². The minimum atomic E-state index is -0.0242. The quantitative estimate of drug-likeness (QED) is 0.832. The van der Waals surface area contributed by atoms with E-state index in [9.17, 15) is 4.79 Å². The summed E-state index contributed by atoms with van der Waals surface area (Å²) in [6.07, 6.45) is 2.35. The molecule has 3 saturated heterocycles. The predicted molar refractivity (Wildman–Crippen MR) is 101 cm³/mol. The van der Waals surface area contributed by atoms with Crippen molar-refractivity contribution in [2.24, 2.45) is 5.92 Å². The smallest absolute Gasteiger partial charge is 0.251 e.